The molecule has 0 radical (unpaired) electrons. The van der Waals surface area contributed by atoms with Gasteiger partial charge in [0.25, 0.3) is 0 Å². The fraction of sp³-hybridized carbons (Fsp3) is 0.818. The van der Waals surface area contributed by atoms with E-state index in [0.717, 1.165) is 19.3 Å². The van der Waals surface area contributed by atoms with Crippen LogP contribution in [0.4, 0.5) is 4.79 Å². The SMILES string of the molecule is C=CC(=O)OC1(C)CC1C(C)(CC)CNC(=O)OCC1(C)CC12CC2(C)C. The highest BCUT2D eigenvalue weighted by Gasteiger charge is 2.81. The van der Waals surface area contributed by atoms with Crippen molar-refractivity contribution in [2.45, 2.75) is 72.8 Å². The van der Waals surface area contributed by atoms with Crippen LogP contribution in [0.3, 0.4) is 0 Å². The van der Waals surface area contributed by atoms with E-state index in [-0.39, 0.29) is 28.8 Å². The molecule has 0 bridgehead atoms. The summed E-state index contributed by atoms with van der Waals surface area (Å²) in [4.78, 5) is 23.8. The predicted octanol–water partition coefficient (Wildman–Crippen LogP) is 4.46. The van der Waals surface area contributed by atoms with Gasteiger partial charge in [-0.3, -0.25) is 0 Å². The molecule has 3 fully saturated rings. The topological polar surface area (TPSA) is 64.6 Å². The summed E-state index contributed by atoms with van der Waals surface area (Å²) in [6, 6.07) is 0. The summed E-state index contributed by atoms with van der Waals surface area (Å²) >= 11 is 0. The number of rotatable bonds is 8. The molecule has 0 aromatic carbocycles. The van der Waals surface area contributed by atoms with Gasteiger partial charge in [0.15, 0.2) is 0 Å². The molecule has 27 heavy (non-hydrogen) atoms. The van der Waals surface area contributed by atoms with Crippen molar-refractivity contribution in [1.29, 1.82) is 0 Å². The number of nitrogens with one attached hydrogen (secondary N) is 1. The van der Waals surface area contributed by atoms with Crippen LogP contribution < -0.4 is 5.32 Å². The first-order chi connectivity index (χ1) is 12.4. The third kappa shape index (κ3) is 3.27. The molecular formula is C22H35NO4. The third-order valence-electron chi connectivity index (χ3n) is 8.13. The van der Waals surface area contributed by atoms with Gasteiger partial charge in [0.2, 0.25) is 0 Å². The molecule has 5 unspecified atom stereocenters. The maximum atomic E-state index is 12.3. The largest absolute Gasteiger partial charge is 0.456 e. The summed E-state index contributed by atoms with van der Waals surface area (Å²) in [7, 11) is 0. The number of ether oxygens (including phenoxy) is 2. The summed E-state index contributed by atoms with van der Waals surface area (Å²) in [6.07, 6.45) is 4.94. The highest BCUT2D eigenvalue weighted by molar-refractivity contribution is 5.81. The minimum Gasteiger partial charge on any atom is -0.456 e. The molecule has 3 rings (SSSR count). The third-order valence-corrected chi connectivity index (χ3v) is 8.13. The smallest absolute Gasteiger partial charge is 0.407 e. The number of alkyl carbamates (subject to hydrolysis) is 1. The number of esters is 1. The van der Waals surface area contributed by atoms with E-state index in [0.29, 0.717) is 24.0 Å². The Morgan fingerprint density at radius 3 is 2.37 bits per heavy atom. The minimum atomic E-state index is -0.465. The van der Waals surface area contributed by atoms with Crippen LogP contribution >= 0.6 is 0 Å². The number of hydrogen-bond acceptors (Lipinski definition) is 4. The lowest BCUT2D eigenvalue weighted by atomic mass is 9.80. The molecule has 3 aliphatic carbocycles. The molecule has 3 saturated carbocycles. The van der Waals surface area contributed by atoms with Gasteiger partial charge >= 0.3 is 12.1 Å². The Morgan fingerprint density at radius 2 is 1.89 bits per heavy atom. The molecule has 1 spiro atoms. The van der Waals surface area contributed by atoms with Crippen molar-refractivity contribution < 1.29 is 19.1 Å². The molecule has 0 saturated heterocycles. The zero-order valence-electron chi connectivity index (χ0n) is 17.7. The van der Waals surface area contributed by atoms with Crippen molar-refractivity contribution in [3.05, 3.63) is 12.7 Å². The summed E-state index contributed by atoms with van der Waals surface area (Å²) < 4.78 is 11.1. The summed E-state index contributed by atoms with van der Waals surface area (Å²) in [5, 5.41) is 2.95. The Morgan fingerprint density at radius 1 is 1.26 bits per heavy atom. The number of carbonyl (C=O) groups is 2. The van der Waals surface area contributed by atoms with Crippen molar-refractivity contribution >= 4 is 12.1 Å². The van der Waals surface area contributed by atoms with E-state index < -0.39 is 5.60 Å². The Hall–Kier alpha value is -1.52. The van der Waals surface area contributed by atoms with Crippen LogP contribution in [0, 0.1) is 27.6 Å². The lowest BCUT2D eigenvalue weighted by Crippen LogP contribution is -2.40. The number of hydrogen-bond donors (Lipinski definition) is 1. The second-order valence-corrected chi connectivity index (χ2v) is 10.5. The van der Waals surface area contributed by atoms with E-state index in [1.807, 2.05) is 6.92 Å². The highest BCUT2D eigenvalue weighted by atomic mass is 16.6. The number of carbonyl (C=O) groups excluding carboxylic acids is 2. The molecule has 5 atom stereocenters. The van der Waals surface area contributed by atoms with Gasteiger partial charge in [0.05, 0.1) is 6.61 Å². The van der Waals surface area contributed by atoms with Crippen LogP contribution in [0.25, 0.3) is 0 Å². The quantitative estimate of drug-likeness (QED) is 0.501. The summed E-state index contributed by atoms with van der Waals surface area (Å²) in [6.45, 7) is 17.5. The maximum Gasteiger partial charge on any atom is 0.407 e. The summed E-state index contributed by atoms with van der Waals surface area (Å²) in [5.74, 6) is -0.170. The normalized spacial score (nSPS) is 39.9. The van der Waals surface area contributed by atoms with Crippen LogP contribution in [0.1, 0.15) is 67.2 Å². The molecular weight excluding hydrogens is 342 g/mol. The van der Waals surface area contributed by atoms with Gasteiger partial charge < -0.3 is 14.8 Å². The minimum absolute atomic E-state index is 0.135. The van der Waals surface area contributed by atoms with Crippen LogP contribution in [0.15, 0.2) is 12.7 Å². The molecule has 5 heteroatoms. The first kappa shape index (κ1) is 20.2. The van der Waals surface area contributed by atoms with Gasteiger partial charge in [-0.05, 0) is 48.9 Å². The fourth-order valence-electron chi connectivity index (χ4n) is 5.61. The van der Waals surface area contributed by atoms with E-state index >= 15 is 0 Å². The van der Waals surface area contributed by atoms with Gasteiger partial charge in [-0.15, -0.1) is 0 Å². The average molecular weight is 378 g/mol. The van der Waals surface area contributed by atoms with Crippen molar-refractivity contribution in [1.82, 2.24) is 5.32 Å². The Balaban J connectivity index is 1.46. The van der Waals surface area contributed by atoms with Gasteiger partial charge in [-0.2, -0.15) is 0 Å². The summed E-state index contributed by atoms with van der Waals surface area (Å²) in [5.41, 5.74) is 0.312. The molecule has 1 amide bonds. The van der Waals surface area contributed by atoms with Gasteiger partial charge in [0, 0.05) is 24.0 Å². The van der Waals surface area contributed by atoms with Crippen molar-refractivity contribution in [2.24, 2.45) is 27.6 Å². The lowest BCUT2D eigenvalue weighted by Gasteiger charge is -2.30. The first-order valence-corrected chi connectivity index (χ1v) is 10.1. The zero-order chi connectivity index (χ0) is 20.3. The van der Waals surface area contributed by atoms with Crippen LogP contribution in [0.2, 0.25) is 0 Å². The first-order valence-electron chi connectivity index (χ1n) is 10.1. The van der Waals surface area contributed by atoms with E-state index in [2.05, 4.69) is 46.5 Å². The zero-order valence-corrected chi connectivity index (χ0v) is 17.7. The van der Waals surface area contributed by atoms with Crippen LogP contribution in [-0.4, -0.2) is 30.8 Å². The van der Waals surface area contributed by atoms with Crippen LogP contribution in [0.5, 0.6) is 0 Å². The molecule has 0 heterocycles. The molecule has 1 N–H and O–H groups in total. The van der Waals surface area contributed by atoms with Gasteiger partial charge in [-0.1, -0.05) is 41.2 Å². The second kappa shape index (κ2) is 5.99. The molecule has 152 valence electrons. The molecule has 0 aromatic rings. The highest BCUT2D eigenvalue weighted by Crippen LogP contribution is 2.87. The molecule has 0 aromatic heterocycles. The van der Waals surface area contributed by atoms with Crippen molar-refractivity contribution in [3.63, 3.8) is 0 Å². The fourth-order valence-corrected chi connectivity index (χ4v) is 5.61. The van der Waals surface area contributed by atoms with E-state index in [9.17, 15) is 9.59 Å². The van der Waals surface area contributed by atoms with Crippen LogP contribution in [-0.2, 0) is 14.3 Å². The monoisotopic (exact) mass is 377 g/mol. The average Bonchev–Trinajstić information content (AvgIpc) is 3.51. The van der Waals surface area contributed by atoms with Crippen molar-refractivity contribution in [2.75, 3.05) is 13.2 Å². The number of amides is 1. The second-order valence-electron chi connectivity index (χ2n) is 10.5. The van der Waals surface area contributed by atoms with Gasteiger partial charge in [0.1, 0.15) is 5.60 Å². The Labute approximate surface area is 163 Å². The van der Waals surface area contributed by atoms with E-state index in [4.69, 9.17) is 9.47 Å². The standard InChI is InChI=1S/C22H35NO4/c1-8-16(24)27-21(7)10-15(21)19(5,9-2)13-23-17(25)26-14-20(6)12-22(20)11-18(22,3)4/h8,15H,1,9-14H2,2-7H3,(H,23,25). The van der Waals surface area contributed by atoms with Gasteiger partial charge in [-0.25, -0.2) is 9.59 Å². The Kier molecular flexibility index (Phi) is 4.48. The Bertz CT molecular complexity index is 673. The predicted molar refractivity (Wildman–Crippen MR) is 104 cm³/mol. The van der Waals surface area contributed by atoms with E-state index in [1.165, 1.54) is 12.5 Å². The molecule has 5 nitrogen and oxygen atoms in total. The van der Waals surface area contributed by atoms with Crippen molar-refractivity contribution in [3.8, 4) is 0 Å². The lowest BCUT2D eigenvalue weighted by molar-refractivity contribution is -0.145. The molecule has 3 aliphatic rings. The molecule has 0 aliphatic heterocycles. The maximum absolute atomic E-state index is 12.3. The van der Waals surface area contributed by atoms with E-state index in [1.54, 1.807) is 0 Å².